The minimum Gasteiger partial charge on any atom is -0.493 e. The van der Waals surface area contributed by atoms with Gasteiger partial charge in [-0.25, -0.2) is 4.98 Å². The molecule has 0 amide bonds. The molecule has 2 aromatic carbocycles. The summed E-state index contributed by atoms with van der Waals surface area (Å²) in [7, 11) is 1.62. The first kappa shape index (κ1) is 18.9. The summed E-state index contributed by atoms with van der Waals surface area (Å²) in [5, 5.41) is 7.12. The van der Waals surface area contributed by atoms with Crippen molar-refractivity contribution in [2.45, 2.75) is 26.6 Å². The first-order valence-corrected chi connectivity index (χ1v) is 9.60. The average molecular weight is 382 g/mol. The van der Waals surface area contributed by atoms with Crippen LogP contribution in [-0.2, 0) is 24.5 Å². The molecule has 1 aromatic heterocycles. The molecular formula is C21H22N2O3S. The van der Waals surface area contributed by atoms with Gasteiger partial charge >= 0.3 is 0 Å². The molecule has 0 N–H and O–H groups in total. The molecule has 0 saturated carbocycles. The van der Waals surface area contributed by atoms with Crippen molar-refractivity contribution < 1.29 is 14.3 Å². The number of aryl methyl sites for hydroxylation is 1. The second kappa shape index (κ2) is 9.73. The van der Waals surface area contributed by atoms with Gasteiger partial charge in [-0.15, -0.1) is 11.3 Å². The van der Waals surface area contributed by atoms with E-state index in [1.807, 2.05) is 53.9 Å². The fourth-order valence-corrected chi connectivity index (χ4v) is 3.13. The Morgan fingerprint density at radius 1 is 1.07 bits per heavy atom. The number of thiazole rings is 1. The zero-order chi connectivity index (χ0) is 18.9. The van der Waals surface area contributed by atoms with Gasteiger partial charge in [0, 0.05) is 10.9 Å². The summed E-state index contributed by atoms with van der Waals surface area (Å²) in [6.45, 7) is 2.94. The lowest BCUT2D eigenvalue weighted by atomic mass is 10.2. The molecule has 0 aliphatic carbocycles. The third-order valence-corrected chi connectivity index (χ3v) is 4.86. The lowest BCUT2D eigenvalue weighted by molar-refractivity contribution is 0.129. The molecule has 0 unspecified atom stereocenters. The maximum absolute atomic E-state index is 5.86. The van der Waals surface area contributed by atoms with Crippen molar-refractivity contribution in [1.82, 2.24) is 4.98 Å². The number of nitrogens with zero attached hydrogens (tertiary/aromatic N) is 2. The van der Waals surface area contributed by atoms with Crippen LogP contribution in [0.5, 0.6) is 11.5 Å². The van der Waals surface area contributed by atoms with Crippen LogP contribution in [0, 0.1) is 0 Å². The molecule has 3 aromatic rings. The smallest absolute Gasteiger partial charge is 0.161 e. The quantitative estimate of drug-likeness (QED) is 0.392. The van der Waals surface area contributed by atoms with Gasteiger partial charge in [-0.1, -0.05) is 42.4 Å². The summed E-state index contributed by atoms with van der Waals surface area (Å²) in [5.41, 5.74) is 2.87. The van der Waals surface area contributed by atoms with Crippen LogP contribution in [0.15, 0.2) is 59.1 Å². The van der Waals surface area contributed by atoms with Crippen LogP contribution < -0.4 is 9.47 Å². The molecule has 0 spiro atoms. The highest BCUT2D eigenvalue weighted by Gasteiger charge is 2.06. The summed E-state index contributed by atoms with van der Waals surface area (Å²) in [4.78, 5) is 9.77. The maximum Gasteiger partial charge on any atom is 0.161 e. The van der Waals surface area contributed by atoms with Crippen molar-refractivity contribution in [2.75, 3.05) is 7.11 Å². The first-order valence-electron chi connectivity index (χ1n) is 8.72. The van der Waals surface area contributed by atoms with Crippen molar-refractivity contribution in [1.29, 1.82) is 0 Å². The Bertz CT molecular complexity index is 878. The fraction of sp³-hybridized carbons (Fsp3) is 0.238. The molecule has 0 aliphatic heterocycles. The first-order chi connectivity index (χ1) is 13.3. The number of oxime groups is 1. The van der Waals surface area contributed by atoms with Crippen LogP contribution in [-0.4, -0.2) is 18.3 Å². The zero-order valence-electron chi connectivity index (χ0n) is 15.4. The molecular weight excluding hydrogens is 360 g/mol. The Labute approximate surface area is 163 Å². The minimum atomic E-state index is 0.363. The number of hydrogen-bond donors (Lipinski definition) is 0. The van der Waals surface area contributed by atoms with E-state index in [1.54, 1.807) is 24.7 Å². The average Bonchev–Trinajstić information content (AvgIpc) is 3.19. The van der Waals surface area contributed by atoms with E-state index in [-0.39, 0.29) is 0 Å². The van der Waals surface area contributed by atoms with E-state index in [4.69, 9.17) is 14.3 Å². The van der Waals surface area contributed by atoms with E-state index in [0.717, 1.165) is 28.2 Å². The molecule has 27 heavy (non-hydrogen) atoms. The highest BCUT2D eigenvalue weighted by atomic mass is 32.1. The Hall–Kier alpha value is -2.86. The second-order valence-corrected chi connectivity index (χ2v) is 6.72. The summed E-state index contributed by atoms with van der Waals surface area (Å²) in [5.74, 6) is 1.34. The molecule has 1 heterocycles. The topological polar surface area (TPSA) is 52.9 Å². The predicted octanol–water partition coefficient (Wildman–Crippen LogP) is 4.84. The van der Waals surface area contributed by atoms with Gasteiger partial charge in [-0.05, 0) is 30.2 Å². The van der Waals surface area contributed by atoms with E-state index >= 15 is 0 Å². The Kier molecular flexibility index (Phi) is 6.82. The van der Waals surface area contributed by atoms with Crippen LogP contribution in [0.1, 0.15) is 28.8 Å². The molecule has 0 atom stereocenters. The minimum absolute atomic E-state index is 0.363. The number of benzene rings is 2. The Balaban J connectivity index is 1.56. The lowest BCUT2D eigenvalue weighted by Gasteiger charge is -2.11. The monoisotopic (exact) mass is 382 g/mol. The molecule has 0 bridgehead atoms. The normalized spacial score (nSPS) is 10.9. The predicted molar refractivity (Wildman–Crippen MR) is 108 cm³/mol. The standard InChI is InChI=1S/C21H22N2O3S/c1-3-21-23-18(15-27-21)14-26-22-12-17-9-10-19(20(11-17)24-2)25-13-16-7-5-4-6-8-16/h4-12,15H,3,13-14H2,1-2H3/b22-12+. The van der Waals surface area contributed by atoms with E-state index in [2.05, 4.69) is 17.1 Å². The third-order valence-electron chi connectivity index (χ3n) is 3.82. The Morgan fingerprint density at radius 2 is 1.93 bits per heavy atom. The summed E-state index contributed by atoms with van der Waals surface area (Å²) in [6.07, 6.45) is 2.59. The number of hydrogen-bond acceptors (Lipinski definition) is 6. The zero-order valence-corrected chi connectivity index (χ0v) is 16.2. The van der Waals surface area contributed by atoms with Crippen LogP contribution in [0.3, 0.4) is 0 Å². The second-order valence-electron chi connectivity index (χ2n) is 5.78. The third kappa shape index (κ3) is 5.56. The molecule has 5 nitrogen and oxygen atoms in total. The number of ether oxygens (including phenoxy) is 2. The van der Waals surface area contributed by atoms with Crippen molar-refractivity contribution in [3.63, 3.8) is 0 Å². The summed E-state index contributed by atoms with van der Waals surface area (Å²) in [6, 6.07) is 15.7. The summed E-state index contributed by atoms with van der Waals surface area (Å²) >= 11 is 1.64. The van der Waals surface area contributed by atoms with E-state index in [0.29, 0.717) is 24.7 Å². The number of aromatic nitrogens is 1. The van der Waals surface area contributed by atoms with Gasteiger partial charge < -0.3 is 14.3 Å². The van der Waals surface area contributed by atoms with E-state index < -0.39 is 0 Å². The lowest BCUT2D eigenvalue weighted by Crippen LogP contribution is -1.98. The van der Waals surface area contributed by atoms with Gasteiger partial charge in [-0.2, -0.15) is 0 Å². The molecule has 140 valence electrons. The van der Waals surface area contributed by atoms with E-state index in [9.17, 15) is 0 Å². The molecule has 0 fully saturated rings. The number of rotatable bonds is 9. The van der Waals surface area contributed by atoms with Crippen LogP contribution in [0.4, 0.5) is 0 Å². The summed E-state index contributed by atoms with van der Waals surface area (Å²) < 4.78 is 11.3. The molecule has 0 aliphatic rings. The fourth-order valence-electron chi connectivity index (χ4n) is 2.40. The van der Waals surface area contributed by atoms with Gasteiger partial charge in [0.2, 0.25) is 0 Å². The van der Waals surface area contributed by atoms with Crippen molar-refractivity contribution in [3.05, 3.63) is 75.7 Å². The highest BCUT2D eigenvalue weighted by Crippen LogP contribution is 2.28. The van der Waals surface area contributed by atoms with Crippen LogP contribution >= 0.6 is 11.3 Å². The van der Waals surface area contributed by atoms with Gasteiger partial charge in [0.05, 0.1) is 24.0 Å². The van der Waals surface area contributed by atoms with Crippen molar-refractivity contribution in [3.8, 4) is 11.5 Å². The molecule has 3 rings (SSSR count). The van der Waals surface area contributed by atoms with Crippen molar-refractivity contribution in [2.24, 2.45) is 5.16 Å². The molecule has 6 heteroatoms. The SMILES string of the molecule is CCc1nc(CO/N=C/c2ccc(OCc3ccccc3)c(OC)c2)cs1. The molecule has 0 saturated heterocycles. The van der Waals surface area contributed by atoms with Crippen LogP contribution in [0.25, 0.3) is 0 Å². The number of methoxy groups -OCH3 is 1. The Morgan fingerprint density at radius 3 is 2.67 bits per heavy atom. The maximum atomic E-state index is 5.86. The molecule has 0 radical (unpaired) electrons. The van der Waals surface area contributed by atoms with Gasteiger partial charge in [-0.3, -0.25) is 0 Å². The van der Waals surface area contributed by atoms with Crippen LogP contribution in [0.2, 0.25) is 0 Å². The largest absolute Gasteiger partial charge is 0.493 e. The van der Waals surface area contributed by atoms with Crippen molar-refractivity contribution >= 4 is 17.6 Å². The van der Waals surface area contributed by atoms with Gasteiger partial charge in [0.15, 0.2) is 18.1 Å². The van der Waals surface area contributed by atoms with Gasteiger partial charge in [0.25, 0.3) is 0 Å². The van der Waals surface area contributed by atoms with Gasteiger partial charge in [0.1, 0.15) is 6.61 Å². The van der Waals surface area contributed by atoms with E-state index in [1.165, 1.54) is 0 Å². The highest BCUT2D eigenvalue weighted by molar-refractivity contribution is 7.09.